The Bertz CT molecular complexity index is 4180. The van der Waals surface area contributed by atoms with Gasteiger partial charge in [-0.05, 0) is 138 Å². The number of aromatic hydroxyl groups is 1. The number of carbonyl (C=O) groups is 1. The fourth-order valence-corrected chi connectivity index (χ4v) is 13.8. The van der Waals surface area contributed by atoms with Crippen molar-refractivity contribution in [2.45, 2.75) is 131 Å². The molecule has 8 aromatic rings. The molecule has 0 spiro atoms. The number of fused-ring (bicyclic) bond motifs is 10. The number of rotatable bonds is 6. The Hall–Kier alpha value is -7.83. The first kappa shape index (κ1) is 60.8. The number of hydrogen-bond donors (Lipinski definition) is 1. The van der Waals surface area contributed by atoms with E-state index in [1.165, 1.54) is 24.3 Å². The number of nitrogens with zero attached hydrogens (tertiary/aromatic N) is 11. The van der Waals surface area contributed by atoms with Crippen LogP contribution in [0.15, 0.2) is 82.6 Å². The molecule has 4 aliphatic rings. The predicted molar refractivity (Wildman–Crippen MR) is 345 cm³/mol. The van der Waals surface area contributed by atoms with E-state index >= 15 is 8.78 Å². The number of piperidine rings is 1. The highest BCUT2D eigenvalue weighted by Crippen LogP contribution is 2.47. The number of phenolic OH excluding ortho intramolecular Hbond substituents is 1. The van der Waals surface area contributed by atoms with Crippen LogP contribution in [-0.4, -0.2) is 116 Å². The van der Waals surface area contributed by atoms with Crippen molar-refractivity contribution in [3.05, 3.63) is 144 Å². The van der Waals surface area contributed by atoms with Crippen molar-refractivity contribution in [2.24, 2.45) is 5.92 Å². The Balaban J connectivity index is 0.000000182. The van der Waals surface area contributed by atoms with Crippen LogP contribution in [0.1, 0.15) is 115 Å². The smallest absolute Gasteiger partial charge is 0.410 e. The molecule has 6 aromatic heterocycles. The second-order valence-corrected chi connectivity index (χ2v) is 26.5. The maximum absolute atomic E-state index is 15.4. The Morgan fingerprint density at radius 2 is 1.11 bits per heavy atom. The number of anilines is 4. The molecule has 87 heavy (non-hydrogen) atoms. The quantitative estimate of drug-likeness (QED) is 0.168. The number of aryl methyl sites for hydroxylation is 3. The zero-order valence-corrected chi connectivity index (χ0v) is 53.4. The molecule has 4 atom stereocenters. The molecular formula is C67H75Cl2F2N11O5. The van der Waals surface area contributed by atoms with Gasteiger partial charge in [0.2, 0.25) is 0 Å². The number of hydrogen-bond acceptors (Lipinski definition) is 13. The highest BCUT2D eigenvalue weighted by Gasteiger charge is 2.44. The van der Waals surface area contributed by atoms with Crippen LogP contribution in [0, 0.1) is 38.3 Å². The van der Waals surface area contributed by atoms with E-state index in [0.29, 0.717) is 81.6 Å². The third kappa shape index (κ3) is 10.7. The number of benzene rings is 2. The van der Waals surface area contributed by atoms with Crippen LogP contribution in [0.5, 0.6) is 5.75 Å². The zero-order chi connectivity index (χ0) is 62.6. The van der Waals surface area contributed by atoms with Crippen LogP contribution in [-0.2, 0) is 4.74 Å². The molecule has 0 bridgehead atoms. The molecule has 2 fully saturated rings. The Morgan fingerprint density at radius 3 is 1.61 bits per heavy atom. The van der Waals surface area contributed by atoms with Gasteiger partial charge in [0.25, 0.3) is 11.1 Å². The maximum Gasteiger partial charge on any atom is 0.410 e. The molecule has 20 heteroatoms. The van der Waals surface area contributed by atoms with Crippen molar-refractivity contribution in [3.63, 3.8) is 0 Å². The van der Waals surface area contributed by atoms with Crippen molar-refractivity contribution < 1.29 is 23.4 Å². The minimum absolute atomic E-state index is 0.00681. The second kappa shape index (κ2) is 23.0. The van der Waals surface area contributed by atoms with E-state index in [1.54, 1.807) is 38.6 Å². The lowest BCUT2D eigenvalue weighted by atomic mass is 9.90. The van der Waals surface area contributed by atoms with Crippen LogP contribution < -0.4 is 30.7 Å². The van der Waals surface area contributed by atoms with Gasteiger partial charge in [-0.15, -0.1) is 0 Å². The first-order valence-corrected chi connectivity index (χ1v) is 30.6. The van der Waals surface area contributed by atoms with Crippen molar-refractivity contribution in [3.8, 4) is 39.6 Å². The fraction of sp³-hybridized carbons (Fsp3) is 0.418. The summed E-state index contributed by atoms with van der Waals surface area (Å²) in [4.78, 5) is 72.5. The molecular weight excluding hydrogens is 1150 g/mol. The van der Waals surface area contributed by atoms with Crippen molar-refractivity contribution in [1.29, 1.82) is 0 Å². The number of phenols is 1. The summed E-state index contributed by atoms with van der Waals surface area (Å²) in [6.45, 7) is 26.6. The number of pyridine rings is 6. The summed E-state index contributed by atoms with van der Waals surface area (Å²) >= 11 is 13.9. The summed E-state index contributed by atoms with van der Waals surface area (Å²) in [6, 6.07) is 16.2. The number of piperazine rings is 1. The topological polar surface area (TPSA) is 158 Å². The molecule has 0 radical (unpaired) electrons. The summed E-state index contributed by atoms with van der Waals surface area (Å²) in [5, 5.41) is 12.5. The van der Waals surface area contributed by atoms with E-state index in [-0.39, 0.29) is 85.5 Å². The van der Waals surface area contributed by atoms with E-state index in [2.05, 4.69) is 26.6 Å². The van der Waals surface area contributed by atoms with Crippen LogP contribution in [0.3, 0.4) is 0 Å². The first-order valence-electron chi connectivity index (χ1n) is 29.9. The minimum atomic E-state index is -0.648. The second-order valence-electron chi connectivity index (χ2n) is 25.7. The highest BCUT2D eigenvalue weighted by molar-refractivity contribution is 6.34. The van der Waals surface area contributed by atoms with Gasteiger partial charge in [-0.25, -0.2) is 23.5 Å². The molecule has 16 nitrogen and oxygen atoms in total. The lowest BCUT2D eigenvalue weighted by Crippen LogP contribution is -2.64. The van der Waals surface area contributed by atoms with Crippen LogP contribution in [0.25, 0.3) is 56.0 Å². The van der Waals surface area contributed by atoms with Gasteiger partial charge in [-0.2, -0.15) is 0 Å². The molecule has 4 aliphatic heterocycles. The van der Waals surface area contributed by atoms with Gasteiger partial charge < -0.3 is 34.3 Å². The number of aromatic nitrogens is 6. The monoisotopic (exact) mass is 1220 g/mol. The van der Waals surface area contributed by atoms with Crippen molar-refractivity contribution in [2.75, 3.05) is 66.4 Å². The highest BCUT2D eigenvalue weighted by atomic mass is 35.5. The van der Waals surface area contributed by atoms with E-state index in [4.69, 9.17) is 42.9 Å². The van der Waals surface area contributed by atoms with Gasteiger partial charge in [0.1, 0.15) is 40.0 Å². The lowest BCUT2D eigenvalue weighted by Gasteiger charge is -2.51. The van der Waals surface area contributed by atoms with Gasteiger partial charge in [-0.1, -0.05) is 76.0 Å². The number of amides is 1. The predicted octanol–water partition coefficient (Wildman–Crippen LogP) is 13.7. The molecule has 2 saturated heterocycles. The van der Waals surface area contributed by atoms with Crippen molar-refractivity contribution >= 4 is 74.1 Å². The molecule has 1 N–H and O–H groups in total. The SMILES string of the molecule is Cc1cccc(F)c1-c1nc2c(cc1Cl)c1c(c(=O)n2-c2c(C)ccnc2C(C)C)N(C)C[C@H]2CN(C(=O)OC(C)(C)C)[C@H](C)CN12.Cc1ccnc(C(C)C)c1-n1c(=O)c2c(c3cc(Cl)c(-c4c(O)cccc4F)nc31)N1C[C@@H](C)CC[C@@H]1CN2C. The molecule has 10 heterocycles. The minimum Gasteiger partial charge on any atom is -0.507 e. The third-order valence-electron chi connectivity index (χ3n) is 17.4. The number of likely N-dealkylation sites (N-methyl/N-ethyl adjacent to an activating group) is 2. The fourth-order valence-electron chi connectivity index (χ4n) is 13.3. The summed E-state index contributed by atoms with van der Waals surface area (Å²) in [5.41, 5.74) is 8.05. The van der Waals surface area contributed by atoms with Gasteiger partial charge >= 0.3 is 6.09 Å². The largest absolute Gasteiger partial charge is 0.507 e. The van der Waals surface area contributed by atoms with E-state index < -0.39 is 17.2 Å². The van der Waals surface area contributed by atoms with E-state index in [9.17, 15) is 19.5 Å². The number of halogens is 4. The standard InChI is InChI=1S/C36H42ClFN6O3.C31H33ClFN5O2/c1-19(2)28-30(21(4)13-14-39-28)44-33-24(15-25(37)29(40-33)27-20(3)11-10-12-26(27)38)31-32(34(44)45)41(9)17-23-18-42(22(5)16-43(23)31)35(46)47-36(6,7)8;1-16(2)25-27(18(4)11-12-34-25)38-30-20(13-21(32)26(35-30)24-22(33)7-6-8-23(24)39)28-29(31(38)40)36(5)15-19-10-9-17(3)14-37(19)28/h10-15,19,22-23H,16-18H2,1-9H3;6-8,11-13,16-17,19,39H,9-10,14-15H2,1-5H3/t22-,23+;17-,19+/m10/s1. The summed E-state index contributed by atoms with van der Waals surface area (Å²) in [6.07, 6.45) is 5.29. The van der Waals surface area contributed by atoms with Crippen molar-refractivity contribution in [1.82, 2.24) is 34.0 Å². The molecule has 12 rings (SSSR count). The average Bonchev–Trinajstić information content (AvgIpc) is 0.737. The molecule has 456 valence electrons. The van der Waals surface area contributed by atoms with Crippen LogP contribution in [0.4, 0.5) is 36.3 Å². The van der Waals surface area contributed by atoms with Crippen LogP contribution in [0.2, 0.25) is 10.0 Å². The first-order chi connectivity index (χ1) is 41.2. The Morgan fingerprint density at radius 1 is 0.632 bits per heavy atom. The Kier molecular flexibility index (Phi) is 16.1. The number of ether oxygens (including phenoxy) is 1. The van der Waals surface area contributed by atoms with Gasteiger partial charge in [0.15, 0.2) is 5.65 Å². The Labute approximate surface area is 516 Å². The van der Waals surface area contributed by atoms with E-state index in [1.807, 2.05) is 119 Å². The molecule has 0 saturated carbocycles. The molecule has 0 aliphatic carbocycles. The third-order valence-corrected chi connectivity index (χ3v) is 17.9. The molecule has 1 amide bonds. The zero-order valence-electron chi connectivity index (χ0n) is 51.9. The summed E-state index contributed by atoms with van der Waals surface area (Å²) in [5.74, 6) is -0.863. The average molecular weight is 1220 g/mol. The normalized spacial score (nSPS) is 18.4. The maximum atomic E-state index is 15.4. The number of carbonyl (C=O) groups excluding carboxylic acids is 1. The molecule has 2 aromatic carbocycles. The lowest BCUT2D eigenvalue weighted by molar-refractivity contribution is 0.0125. The van der Waals surface area contributed by atoms with Gasteiger partial charge in [0.05, 0.1) is 67.2 Å². The van der Waals surface area contributed by atoms with Crippen LogP contribution >= 0.6 is 23.2 Å². The summed E-state index contributed by atoms with van der Waals surface area (Å²) < 4.78 is 39.5. The van der Waals surface area contributed by atoms with Gasteiger partial charge in [-0.3, -0.25) is 28.7 Å². The molecule has 0 unspecified atom stereocenters. The summed E-state index contributed by atoms with van der Waals surface area (Å²) in [7, 11) is 3.86. The van der Waals surface area contributed by atoms with E-state index in [0.717, 1.165) is 54.1 Å². The van der Waals surface area contributed by atoms with Gasteiger partial charge in [0, 0.05) is 87.6 Å².